The first-order valence-corrected chi connectivity index (χ1v) is 8.76. The predicted molar refractivity (Wildman–Crippen MR) is 98.0 cm³/mol. The van der Waals surface area contributed by atoms with Gasteiger partial charge in [-0.25, -0.2) is 9.18 Å². The van der Waals surface area contributed by atoms with Crippen LogP contribution in [-0.4, -0.2) is 28.4 Å². The monoisotopic (exact) mass is 384 g/mol. The molecule has 0 bridgehead atoms. The van der Waals surface area contributed by atoms with E-state index in [2.05, 4.69) is 10.2 Å². The van der Waals surface area contributed by atoms with Crippen molar-refractivity contribution in [2.24, 2.45) is 0 Å². The van der Waals surface area contributed by atoms with Gasteiger partial charge in [-0.05, 0) is 35.2 Å². The predicted octanol–water partition coefficient (Wildman–Crippen LogP) is 4.72. The van der Waals surface area contributed by atoms with Crippen LogP contribution in [-0.2, 0) is 0 Å². The molecule has 0 aliphatic rings. The molecule has 0 saturated heterocycles. The normalized spacial score (nSPS) is 12.2. The minimum Gasteiger partial charge on any atom is -0.496 e. The summed E-state index contributed by atoms with van der Waals surface area (Å²) in [6.45, 7) is 0. The highest BCUT2D eigenvalue weighted by Gasteiger charge is 2.22. The Morgan fingerprint density at radius 2 is 2.04 bits per heavy atom. The minimum absolute atomic E-state index is 0.162. The van der Waals surface area contributed by atoms with E-state index in [1.807, 2.05) is 0 Å². The average Bonchev–Trinajstić information content (AvgIpc) is 3.34. The van der Waals surface area contributed by atoms with Crippen LogP contribution < -0.4 is 4.74 Å². The summed E-state index contributed by atoms with van der Waals surface area (Å²) < 4.78 is 26.4. The number of carboxylic acids is 1. The number of ether oxygens (including phenoxy) is 1. The van der Waals surface area contributed by atoms with Crippen LogP contribution >= 0.6 is 11.3 Å². The van der Waals surface area contributed by atoms with Crippen LogP contribution in [0.15, 0.2) is 52.9 Å². The Hall–Kier alpha value is -3.26. The van der Waals surface area contributed by atoms with Gasteiger partial charge in [0.2, 0.25) is 6.17 Å². The van der Waals surface area contributed by atoms with E-state index in [-0.39, 0.29) is 16.7 Å². The Morgan fingerprint density at radius 3 is 2.81 bits per heavy atom. The summed E-state index contributed by atoms with van der Waals surface area (Å²) in [5, 5.41) is 17.6. The van der Waals surface area contributed by atoms with Crippen LogP contribution in [0.1, 0.15) is 27.3 Å². The van der Waals surface area contributed by atoms with Crippen molar-refractivity contribution in [1.82, 2.24) is 10.2 Å². The van der Waals surface area contributed by atoms with E-state index >= 15 is 0 Å². The number of para-hydroxylation sites is 1. The van der Waals surface area contributed by atoms with Crippen molar-refractivity contribution in [1.29, 1.82) is 0 Å². The molecular weight excluding hydrogens is 371 g/mol. The smallest absolute Gasteiger partial charge is 0.345 e. The number of thiophene rings is 1. The van der Waals surface area contributed by atoms with Crippen LogP contribution in [0.4, 0.5) is 4.39 Å². The molecule has 6 nitrogen and oxygen atoms in total. The standard InChI is InChI=1S/C19H13FN2O4S/c1-25-13-5-3-2-4-12(13)17-21-22-18(26-17)16(20)11-7-6-10-8-15(19(23)24)27-14(10)9-11/h2-9,16H,1H3,(H,23,24). The molecule has 0 saturated carbocycles. The first kappa shape index (κ1) is 17.2. The van der Waals surface area contributed by atoms with Gasteiger partial charge < -0.3 is 14.3 Å². The number of fused-ring (bicyclic) bond motifs is 1. The van der Waals surface area contributed by atoms with E-state index in [0.29, 0.717) is 21.6 Å². The summed E-state index contributed by atoms with van der Waals surface area (Å²) in [5.41, 5.74) is 0.891. The third kappa shape index (κ3) is 3.15. The number of aromatic carboxylic acids is 1. The third-order valence-electron chi connectivity index (χ3n) is 4.04. The maximum Gasteiger partial charge on any atom is 0.345 e. The molecule has 2 aromatic heterocycles. The van der Waals surface area contributed by atoms with Crippen LogP contribution in [0.5, 0.6) is 5.75 Å². The van der Waals surface area contributed by atoms with Crippen LogP contribution in [0.2, 0.25) is 0 Å². The van der Waals surface area contributed by atoms with Gasteiger partial charge in [0.1, 0.15) is 10.6 Å². The lowest BCUT2D eigenvalue weighted by Crippen LogP contribution is -1.94. The molecule has 0 aliphatic heterocycles. The number of rotatable bonds is 5. The van der Waals surface area contributed by atoms with Gasteiger partial charge in [0, 0.05) is 4.70 Å². The summed E-state index contributed by atoms with van der Waals surface area (Å²) in [6.07, 6.45) is -1.62. The first-order chi connectivity index (χ1) is 13.1. The quantitative estimate of drug-likeness (QED) is 0.536. The molecule has 0 fully saturated rings. The lowest BCUT2D eigenvalue weighted by molar-refractivity contribution is 0.0702. The topological polar surface area (TPSA) is 85.5 Å². The average molecular weight is 384 g/mol. The summed E-state index contributed by atoms with van der Waals surface area (Å²) in [5.74, 6) is -0.474. The van der Waals surface area contributed by atoms with E-state index in [1.165, 1.54) is 7.11 Å². The molecule has 0 radical (unpaired) electrons. The fourth-order valence-electron chi connectivity index (χ4n) is 2.72. The number of carbonyl (C=O) groups is 1. The fourth-order valence-corrected chi connectivity index (χ4v) is 3.67. The number of alkyl halides is 1. The second kappa shape index (κ2) is 6.81. The number of methoxy groups -OCH3 is 1. The SMILES string of the molecule is COc1ccccc1-c1nnc(C(F)c2ccc3cc(C(=O)O)sc3c2)o1. The molecule has 2 aromatic carbocycles. The number of carboxylic acid groups (broad SMARTS) is 1. The molecule has 0 aliphatic carbocycles. The van der Waals surface area contributed by atoms with E-state index < -0.39 is 12.1 Å². The zero-order chi connectivity index (χ0) is 19.0. The first-order valence-electron chi connectivity index (χ1n) is 7.94. The van der Waals surface area contributed by atoms with Gasteiger partial charge in [-0.2, -0.15) is 0 Å². The Labute approximate surface area is 156 Å². The zero-order valence-corrected chi connectivity index (χ0v) is 14.9. The van der Waals surface area contributed by atoms with Crippen molar-refractivity contribution >= 4 is 27.4 Å². The number of hydrogen-bond acceptors (Lipinski definition) is 6. The van der Waals surface area contributed by atoms with E-state index in [1.54, 1.807) is 48.5 Å². The fraction of sp³-hybridized carbons (Fsp3) is 0.105. The molecule has 1 unspecified atom stereocenters. The minimum atomic E-state index is -1.62. The van der Waals surface area contributed by atoms with Gasteiger partial charge in [-0.15, -0.1) is 21.5 Å². The van der Waals surface area contributed by atoms with E-state index in [4.69, 9.17) is 14.3 Å². The molecule has 0 amide bonds. The van der Waals surface area contributed by atoms with Crippen molar-refractivity contribution in [3.05, 3.63) is 64.9 Å². The molecule has 4 rings (SSSR count). The molecule has 1 N–H and O–H groups in total. The van der Waals surface area contributed by atoms with Crippen LogP contribution in [0.3, 0.4) is 0 Å². The molecule has 0 spiro atoms. The summed E-state index contributed by atoms with van der Waals surface area (Å²) in [4.78, 5) is 11.3. The van der Waals surface area contributed by atoms with Gasteiger partial charge >= 0.3 is 5.97 Å². The van der Waals surface area contributed by atoms with E-state index in [0.717, 1.165) is 16.7 Å². The Kier molecular flexibility index (Phi) is 4.33. The highest BCUT2D eigenvalue weighted by molar-refractivity contribution is 7.20. The van der Waals surface area contributed by atoms with Gasteiger partial charge in [-0.3, -0.25) is 0 Å². The summed E-state index contributed by atoms with van der Waals surface area (Å²) in [6, 6.07) is 13.5. The van der Waals surface area contributed by atoms with Crippen molar-refractivity contribution in [2.45, 2.75) is 6.17 Å². The molecule has 1 atom stereocenters. The van der Waals surface area contributed by atoms with Crippen molar-refractivity contribution in [3.8, 4) is 17.2 Å². The third-order valence-corrected chi connectivity index (χ3v) is 5.13. The molecule has 4 aromatic rings. The second-order valence-corrected chi connectivity index (χ2v) is 6.81. The highest BCUT2D eigenvalue weighted by atomic mass is 32.1. The maximum atomic E-state index is 14.9. The number of halogens is 1. The van der Waals surface area contributed by atoms with Gasteiger partial charge in [0.25, 0.3) is 11.8 Å². The zero-order valence-electron chi connectivity index (χ0n) is 14.0. The molecule has 8 heteroatoms. The summed E-state index contributed by atoms with van der Waals surface area (Å²) in [7, 11) is 1.52. The Bertz CT molecular complexity index is 1140. The molecular formula is C19H13FN2O4S. The summed E-state index contributed by atoms with van der Waals surface area (Å²) >= 11 is 1.09. The number of aromatic nitrogens is 2. The molecule has 27 heavy (non-hydrogen) atoms. The Morgan fingerprint density at radius 1 is 1.22 bits per heavy atom. The number of benzene rings is 2. The lowest BCUT2D eigenvalue weighted by atomic mass is 10.1. The van der Waals surface area contributed by atoms with Gasteiger partial charge in [0.05, 0.1) is 12.7 Å². The van der Waals surface area contributed by atoms with Crippen molar-refractivity contribution < 1.29 is 23.4 Å². The van der Waals surface area contributed by atoms with Crippen LogP contribution in [0, 0.1) is 0 Å². The second-order valence-electron chi connectivity index (χ2n) is 5.72. The van der Waals surface area contributed by atoms with E-state index in [9.17, 15) is 9.18 Å². The Balaban J connectivity index is 1.67. The van der Waals surface area contributed by atoms with Crippen molar-refractivity contribution in [3.63, 3.8) is 0 Å². The molecule has 2 heterocycles. The molecule has 136 valence electrons. The number of hydrogen-bond donors (Lipinski definition) is 1. The maximum absolute atomic E-state index is 14.9. The lowest BCUT2D eigenvalue weighted by Gasteiger charge is -2.05. The van der Waals surface area contributed by atoms with Gasteiger partial charge in [0.15, 0.2) is 0 Å². The van der Waals surface area contributed by atoms with Crippen molar-refractivity contribution in [2.75, 3.05) is 7.11 Å². The van der Waals surface area contributed by atoms with Crippen LogP contribution in [0.25, 0.3) is 21.5 Å². The highest BCUT2D eigenvalue weighted by Crippen LogP contribution is 2.34. The van der Waals surface area contributed by atoms with Gasteiger partial charge in [-0.1, -0.05) is 24.3 Å². The number of nitrogens with zero attached hydrogens (tertiary/aromatic N) is 2. The largest absolute Gasteiger partial charge is 0.496 e.